The number of benzene rings is 1. The molecule has 1 aromatic heterocycles. The van der Waals surface area contributed by atoms with Crippen LogP contribution in [0.2, 0.25) is 0 Å². The molecule has 0 fully saturated rings. The van der Waals surface area contributed by atoms with Gasteiger partial charge in [0.1, 0.15) is 5.82 Å². The van der Waals surface area contributed by atoms with Crippen LogP contribution in [0.3, 0.4) is 0 Å². The molecule has 1 aromatic carbocycles. The molecule has 0 radical (unpaired) electrons. The molecular weight excluding hydrogens is 217 g/mol. The molecule has 0 aliphatic rings. The molecule has 0 spiro atoms. The minimum atomic E-state index is -0.275. The summed E-state index contributed by atoms with van der Waals surface area (Å²) in [4.78, 5) is 4.06. The van der Waals surface area contributed by atoms with Gasteiger partial charge in [-0.1, -0.05) is 26.0 Å². The van der Waals surface area contributed by atoms with E-state index < -0.39 is 0 Å². The average Bonchev–Trinajstić information content (AvgIpc) is 2.77. The summed E-state index contributed by atoms with van der Waals surface area (Å²) in [7, 11) is 0. The third-order valence-electron chi connectivity index (χ3n) is 2.84. The zero-order chi connectivity index (χ0) is 12.4. The quantitative estimate of drug-likeness (QED) is 0.885. The van der Waals surface area contributed by atoms with Gasteiger partial charge < -0.3 is 5.73 Å². The fourth-order valence-corrected chi connectivity index (χ4v) is 1.74. The predicted molar refractivity (Wildman–Crippen MR) is 65.3 cm³/mol. The standard InChI is InChI=1S/C13H16FN3/c1-9(2)13(15)12-7-16-8-17(12)11-6-4-3-5-10(11)14/h3-9,13H,15H2,1-2H3. The summed E-state index contributed by atoms with van der Waals surface area (Å²) in [5, 5.41) is 0. The van der Waals surface area contributed by atoms with Gasteiger partial charge in [-0.25, -0.2) is 9.37 Å². The number of imidazole rings is 1. The predicted octanol–water partition coefficient (Wildman–Crippen LogP) is 2.67. The Morgan fingerprint density at radius 3 is 2.65 bits per heavy atom. The van der Waals surface area contributed by atoms with E-state index in [0.29, 0.717) is 5.69 Å². The smallest absolute Gasteiger partial charge is 0.147 e. The Morgan fingerprint density at radius 2 is 2.00 bits per heavy atom. The first-order chi connectivity index (χ1) is 8.11. The van der Waals surface area contributed by atoms with Crippen molar-refractivity contribution < 1.29 is 4.39 Å². The Labute approximate surface area is 100 Å². The second-order valence-electron chi connectivity index (χ2n) is 4.41. The van der Waals surface area contributed by atoms with Crippen LogP contribution in [0.1, 0.15) is 25.6 Å². The highest BCUT2D eigenvalue weighted by molar-refractivity contribution is 5.35. The van der Waals surface area contributed by atoms with Crippen LogP contribution in [-0.2, 0) is 0 Å². The van der Waals surface area contributed by atoms with Gasteiger partial charge in [0.25, 0.3) is 0 Å². The lowest BCUT2D eigenvalue weighted by Crippen LogP contribution is -2.20. The number of aromatic nitrogens is 2. The number of para-hydroxylation sites is 1. The van der Waals surface area contributed by atoms with E-state index in [4.69, 9.17) is 5.73 Å². The van der Waals surface area contributed by atoms with E-state index in [0.717, 1.165) is 5.69 Å². The molecule has 2 aromatic rings. The Kier molecular flexibility index (Phi) is 3.24. The van der Waals surface area contributed by atoms with Crippen LogP contribution in [0.4, 0.5) is 4.39 Å². The van der Waals surface area contributed by atoms with Gasteiger partial charge in [0.2, 0.25) is 0 Å². The van der Waals surface area contributed by atoms with E-state index in [1.54, 1.807) is 35.3 Å². The largest absolute Gasteiger partial charge is 0.322 e. The maximum absolute atomic E-state index is 13.7. The monoisotopic (exact) mass is 233 g/mol. The highest BCUT2D eigenvalue weighted by Gasteiger charge is 2.17. The molecule has 1 heterocycles. The SMILES string of the molecule is CC(C)C(N)c1cncn1-c1ccccc1F. The van der Waals surface area contributed by atoms with Gasteiger partial charge in [-0.3, -0.25) is 4.57 Å². The van der Waals surface area contributed by atoms with E-state index in [-0.39, 0.29) is 17.8 Å². The van der Waals surface area contributed by atoms with Crippen molar-refractivity contribution in [3.8, 4) is 5.69 Å². The highest BCUT2D eigenvalue weighted by atomic mass is 19.1. The van der Waals surface area contributed by atoms with Gasteiger partial charge >= 0.3 is 0 Å². The third kappa shape index (κ3) is 2.22. The molecule has 2 rings (SSSR count). The lowest BCUT2D eigenvalue weighted by Gasteiger charge is -2.18. The molecule has 1 atom stereocenters. The molecule has 90 valence electrons. The van der Waals surface area contributed by atoms with Gasteiger partial charge in [-0.05, 0) is 18.1 Å². The first-order valence-corrected chi connectivity index (χ1v) is 5.64. The molecule has 0 saturated heterocycles. The lowest BCUT2D eigenvalue weighted by molar-refractivity contribution is 0.494. The van der Waals surface area contributed by atoms with Crippen molar-refractivity contribution in [2.24, 2.45) is 11.7 Å². The molecule has 1 unspecified atom stereocenters. The Morgan fingerprint density at radius 1 is 1.29 bits per heavy atom. The Balaban J connectivity index is 2.48. The number of nitrogens with zero attached hydrogens (tertiary/aromatic N) is 2. The fourth-order valence-electron chi connectivity index (χ4n) is 1.74. The average molecular weight is 233 g/mol. The van der Waals surface area contributed by atoms with Gasteiger partial charge in [0, 0.05) is 6.04 Å². The van der Waals surface area contributed by atoms with Gasteiger partial charge in [-0.15, -0.1) is 0 Å². The summed E-state index contributed by atoms with van der Waals surface area (Å²) in [6, 6.07) is 6.45. The Bertz CT molecular complexity index is 505. The van der Waals surface area contributed by atoms with Crippen LogP contribution >= 0.6 is 0 Å². The lowest BCUT2D eigenvalue weighted by atomic mass is 10.0. The number of hydrogen-bond acceptors (Lipinski definition) is 2. The first-order valence-electron chi connectivity index (χ1n) is 5.64. The summed E-state index contributed by atoms with van der Waals surface area (Å²) in [6.07, 6.45) is 3.28. The van der Waals surface area contributed by atoms with E-state index in [1.165, 1.54) is 6.07 Å². The van der Waals surface area contributed by atoms with Gasteiger partial charge in [0.15, 0.2) is 0 Å². The van der Waals surface area contributed by atoms with Crippen molar-refractivity contribution in [3.05, 3.63) is 48.3 Å². The molecule has 0 aliphatic heterocycles. The number of rotatable bonds is 3. The molecule has 2 N–H and O–H groups in total. The summed E-state index contributed by atoms with van der Waals surface area (Å²) in [5.74, 6) is -0.0000652. The van der Waals surface area contributed by atoms with E-state index in [2.05, 4.69) is 4.98 Å². The molecule has 0 aliphatic carbocycles. The van der Waals surface area contributed by atoms with Gasteiger partial charge in [0.05, 0.1) is 23.9 Å². The van der Waals surface area contributed by atoms with E-state index in [1.807, 2.05) is 13.8 Å². The van der Waals surface area contributed by atoms with Crippen molar-refractivity contribution in [1.29, 1.82) is 0 Å². The van der Waals surface area contributed by atoms with Gasteiger partial charge in [-0.2, -0.15) is 0 Å². The topological polar surface area (TPSA) is 43.8 Å². The summed E-state index contributed by atoms with van der Waals surface area (Å²) in [5.41, 5.74) is 7.39. The van der Waals surface area contributed by atoms with Crippen molar-refractivity contribution in [1.82, 2.24) is 9.55 Å². The van der Waals surface area contributed by atoms with E-state index in [9.17, 15) is 4.39 Å². The zero-order valence-electron chi connectivity index (χ0n) is 9.97. The van der Waals surface area contributed by atoms with Crippen LogP contribution in [0.5, 0.6) is 0 Å². The molecule has 3 nitrogen and oxygen atoms in total. The summed E-state index contributed by atoms with van der Waals surface area (Å²) in [6.45, 7) is 4.06. The molecule has 0 amide bonds. The first kappa shape index (κ1) is 11.8. The number of halogens is 1. The van der Waals surface area contributed by atoms with Crippen LogP contribution in [0.25, 0.3) is 5.69 Å². The van der Waals surface area contributed by atoms with E-state index >= 15 is 0 Å². The zero-order valence-corrected chi connectivity index (χ0v) is 9.97. The van der Waals surface area contributed by atoms with Crippen molar-refractivity contribution >= 4 is 0 Å². The number of hydrogen-bond donors (Lipinski definition) is 1. The minimum absolute atomic E-state index is 0.155. The molecular formula is C13H16FN3. The second kappa shape index (κ2) is 4.67. The summed E-state index contributed by atoms with van der Waals surface area (Å²) < 4.78 is 15.4. The number of nitrogens with two attached hydrogens (primary N) is 1. The van der Waals surface area contributed by atoms with Crippen molar-refractivity contribution in [3.63, 3.8) is 0 Å². The molecule has 17 heavy (non-hydrogen) atoms. The van der Waals surface area contributed by atoms with Crippen LogP contribution in [0.15, 0.2) is 36.8 Å². The normalized spacial score (nSPS) is 13.0. The maximum Gasteiger partial charge on any atom is 0.147 e. The van der Waals surface area contributed by atoms with Crippen LogP contribution in [-0.4, -0.2) is 9.55 Å². The Hall–Kier alpha value is -1.68. The highest BCUT2D eigenvalue weighted by Crippen LogP contribution is 2.22. The molecule has 0 saturated carbocycles. The van der Waals surface area contributed by atoms with Crippen molar-refractivity contribution in [2.45, 2.75) is 19.9 Å². The molecule has 4 heteroatoms. The maximum atomic E-state index is 13.7. The second-order valence-corrected chi connectivity index (χ2v) is 4.41. The van der Waals surface area contributed by atoms with Crippen LogP contribution in [0, 0.1) is 11.7 Å². The summed E-state index contributed by atoms with van der Waals surface area (Å²) >= 11 is 0. The molecule has 0 bridgehead atoms. The van der Waals surface area contributed by atoms with Crippen LogP contribution < -0.4 is 5.73 Å². The minimum Gasteiger partial charge on any atom is -0.322 e. The fraction of sp³-hybridized carbons (Fsp3) is 0.308. The third-order valence-corrected chi connectivity index (χ3v) is 2.84. The van der Waals surface area contributed by atoms with Crippen molar-refractivity contribution in [2.75, 3.05) is 0 Å².